The fourth-order valence-corrected chi connectivity index (χ4v) is 5.63. The van der Waals surface area contributed by atoms with E-state index >= 15 is 0 Å². The van der Waals surface area contributed by atoms with Crippen molar-refractivity contribution in [2.75, 3.05) is 24.6 Å². The molecule has 0 aliphatic carbocycles. The number of amides is 2. The number of piperazine rings is 1. The summed E-state index contributed by atoms with van der Waals surface area (Å²) in [4.78, 5) is 27.9. The highest BCUT2D eigenvalue weighted by molar-refractivity contribution is 7.91. The summed E-state index contributed by atoms with van der Waals surface area (Å²) >= 11 is 0. The molecule has 2 amide bonds. The van der Waals surface area contributed by atoms with E-state index in [1.807, 2.05) is 19.1 Å². The van der Waals surface area contributed by atoms with E-state index in [-0.39, 0.29) is 23.3 Å². The van der Waals surface area contributed by atoms with Crippen LogP contribution in [0.3, 0.4) is 0 Å². The van der Waals surface area contributed by atoms with Gasteiger partial charge in [-0.1, -0.05) is 19.1 Å². The van der Waals surface area contributed by atoms with Crippen molar-refractivity contribution in [3.8, 4) is 0 Å². The van der Waals surface area contributed by atoms with Gasteiger partial charge in [0.15, 0.2) is 9.84 Å². The molecule has 0 bridgehead atoms. The molecule has 1 aromatic rings. The number of hydrogen-bond acceptors (Lipinski definition) is 4. The van der Waals surface area contributed by atoms with E-state index in [4.69, 9.17) is 0 Å². The summed E-state index contributed by atoms with van der Waals surface area (Å²) in [6.45, 7) is 4.24. The topological polar surface area (TPSA) is 74.8 Å². The molecule has 2 aliphatic heterocycles. The quantitative estimate of drug-likeness (QED) is 0.788. The molecule has 24 heavy (non-hydrogen) atoms. The van der Waals surface area contributed by atoms with Crippen molar-refractivity contribution < 1.29 is 18.0 Å². The van der Waals surface area contributed by atoms with Crippen molar-refractivity contribution in [3.63, 3.8) is 0 Å². The SMILES string of the molecule is CCc1ccc(C(=O)N2CCN(C(C)=O)[C@H]3CS(=O)(=O)C[C@H]32)cc1. The average Bonchev–Trinajstić information content (AvgIpc) is 2.87. The van der Waals surface area contributed by atoms with E-state index in [0.717, 1.165) is 12.0 Å². The number of benzene rings is 1. The van der Waals surface area contributed by atoms with Crippen LogP contribution in [0, 0.1) is 0 Å². The van der Waals surface area contributed by atoms with Gasteiger partial charge in [0.2, 0.25) is 5.91 Å². The van der Waals surface area contributed by atoms with Crippen LogP contribution in [0.5, 0.6) is 0 Å². The molecule has 0 saturated carbocycles. The van der Waals surface area contributed by atoms with E-state index in [1.54, 1.807) is 21.9 Å². The molecule has 0 unspecified atom stereocenters. The van der Waals surface area contributed by atoms with E-state index in [9.17, 15) is 18.0 Å². The van der Waals surface area contributed by atoms with Gasteiger partial charge in [-0.25, -0.2) is 8.42 Å². The summed E-state index contributed by atoms with van der Waals surface area (Å²) in [7, 11) is -3.24. The first-order valence-corrected chi connectivity index (χ1v) is 10.0. The van der Waals surface area contributed by atoms with Gasteiger partial charge < -0.3 is 9.80 Å². The largest absolute Gasteiger partial charge is 0.335 e. The molecule has 1 aromatic carbocycles. The van der Waals surface area contributed by atoms with Gasteiger partial charge in [-0.05, 0) is 24.1 Å². The Morgan fingerprint density at radius 3 is 2.12 bits per heavy atom. The minimum atomic E-state index is -3.24. The van der Waals surface area contributed by atoms with Crippen LogP contribution in [-0.4, -0.2) is 66.7 Å². The van der Waals surface area contributed by atoms with E-state index in [0.29, 0.717) is 18.7 Å². The van der Waals surface area contributed by atoms with Crippen LogP contribution < -0.4 is 0 Å². The van der Waals surface area contributed by atoms with Crippen molar-refractivity contribution in [3.05, 3.63) is 35.4 Å². The predicted octanol–water partition coefficient (Wildman–Crippen LogP) is 0.719. The van der Waals surface area contributed by atoms with Crippen molar-refractivity contribution in [2.24, 2.45) is 0 Å². The molecule has 0 N–H and O–H groups in total. The lowest BCUT2D eigenvalue weighted by molar-refractivity contribution is -0.133. The monoisotopic (exact) mass is 350 g/mol. The lowest BCUT2D eigenvalue weighted by Gasteiger charge is -2.43. The van der Waals surface area contributed by atoms with Gasteiger partial charge in [-0.2, -0.15) is 0 Å². The number of sulfone groups is 1. The number of carbonyl (C=O) groups is 2. The summed E-state index contributed by atoms with van der Waals surface area (Å²) in [5.74, 6) is -0.426. The number of nitrogens with zero attached hydrogens (tertiary/aromatic N) is 2. The second kappa shape index (κ2) is 6.20. The first kappa shape index (κ1) is 17.0. The Morgan fingerprint density at radius 2 is 1.58 bits per heavy atom. The van der Waals surface area contributed by atoms with Crippen LogP contribution in [0.2, 0.25) is 0 Å². The first-order chi connectivity index (χ1) is 11.3. The van der Waals surface area contributed by atoms with Gasteiger partial charge in [-0.3, -0.25) is 9.59 Å². The highest BCUT2D eigenvalue weighted by Gasteiger charge is 2.48. The van der Waals surface area contributed by atoms with Crippen LogP contribution in [0.1, 0.15) is 29.8 Å². The van der Waals surface area contributed by atoms with Crippen LogP contribution >= 0.6 is 0 Å². The molecule has 2 fully saturated rings. The van der Waals surface area contributed by atoms with Gasteiger partial charge in [-0.15, -0.1) is 0 Å². The zero-order valence-electron chi connectivity index (χ0n) is 13.9. The zero-order chi connectivity index (χ0) is 17.5. The molecule has 2 heterocycles. The molecule has 2 atom stereocenters. The third-order valence-electron chi connectivity index (χ3n) is 4.95. The second-order valence-electron chi connectivity index (χ2n) is 6.47. The lowest BCUT2D eigenvalue weighted by Crippen LogP contribution is -2.61. The van der Waals surface area contributed by atoms with Crippen molar-refractivity contribution in [2.45, 2.75) is 32.4 Å². The Hall–Kier alpha value is -1.89. The third kappa shape index (κ3) is 3.05. The third-order valence-corrected chi connectivity index (χ3v) is 6.65. The Bertz CT molecular complexity index is 757. The summed E-state index contributed by atoms with van der Waals surface area (Å²) in [6.07, 6.45) is 0.898. The number of carbonyl (C=O) groups excluding carboxylic acids is 2. The maximum Gasteiger partial charge on any atom is 0.254 e. The predicted molar refractivity (Wildman–Crippen MR) is 90.5 cm³/mol. The standard InChI is InChI=1S/C17H22N2O4S/c1-3-13-4-6-14(7-5-13)17(21)19-9-8-18(12(2)20)15-10-24(22,23)11-16(15)19/h4-7,15-16H,3,8-11H2,1-2H3/t15-,16+/m0/s1. The lowest BCUT2D eigenvalue weighted by atomic mass is 10.0. The van der Waals surface area contributed by atoms with Gasteiger partial charge >= 0.3 is 0 Å². The zero-order valence-corrected chi connectivity index (χ0v) is 14.8. The maximum atomic E-state index is 12.9. The van der Waals surface area contributed by atoms with Crippen LogP contribution in [-0.2, 0) is 21.1 Å². The van der Waals surface area contributed by atoms with E-state index < -0.39 is 21.9 Å². The molecule has 3 rings (SSSR count). The molecular weight excluding hydrogens is 328 g/mol. The van der Waals surface area contributed by atoms with Gasteiger partial charge in [0.25, 0.3) is 5.91 Å². The Kier molecular flexibility index (Phi) is 4.38. The Balaban J connectivity index is 1.88. The van der Waals surface area contributed by atoms with E-state index in [1.165, 1.54) is 6.92 Å². The number of fused-ring (bicyclic) bond motifs is 1. The summed E-state index contributed by atoms with van der Waals surface area (Å²) in [6, 6.07) is 6.53. The van der Waals surface area contributed by atoms with Crippen LogP contribution in [0.15, 0.2) is 24.3 Å². The average molecular weight is 350 g/mol. The minimum Gasteiger partial charge on any atom is -0.335 e. The van der Waals surface area contributed by atoms with Crippen LogP contribution in [0.4, 0.5) is 0 Å². The van der Waals surface area contributed by atoms with Crippen molar-refractivity contribution in [1.82, 2.24) is 9.80 Å². The molecule has 7 heteroatoms. The van der Waals surface area contributed by atoms with Gasteiger partial charge in [0, 0.05) is 25.6 Å². The highest BCUT2D eigenvalue weighted by atomic mass is 32.2. The molecule has 0 spiro atoms. The molecule has 130 valence electrons. The highest BCUT2D eigenvalue weighted by Crippen LogP contribution is 2.28. The van der Waals surface area contributed by atoms with Gasteiger partial charge in [0.1, 0.15) is 0 Å². The molecule has 0 aromatic heterocycles. The normalized spacial score (nSPS) is 25.4. The van der Waals surface area contributed by atoms with Crippen LogP contribution in [0.25, 0.3) is 0 Å². The fourth-order valence-electron chi connectivity index (χ4n) is 3.64. The smallest absolute Gasteiger partial charge is 0.254 e. The molecule has 6 nitrogen and oxygen atoms in total. The summed E-state index contributed by atoms with van der Waals surface area (Å²) < 4.78 is 24.2. The maximum absolute atomic E-state index is 12.9. The van der Waals surface area contributed by atoms with Gasteiger partial charge in [0.05, 0.1) is 23.6 Å². The van der Waals surface area contributed by atoms with Crippen molar-refractivity contribution in [1.29, 1.82) is 0 Å². The number of rotatable bonds is 2. The molecular formula is C17H22N2O4S. The Labute approximate surface area is 142 Å². The number of aryl methyl sites for hydroxylation is 1. The first-order valence-electron chi connectivity index (χ1n) is 8.20. The summed E-state index contributed by atoms with van der Waals surface area (Å²) in [5, 5.41) is 0. The van der Waals surface area contributed by atoms with Crippen molar-refractivity contribution >= 4 is 21.7 Å². The molecule has 2 aliphatic rings. The minimum absolute atomic E-state index is 0.0597. The molecule has 2 saturated heterocycles. The number of hydrogen-bond donors (Lipinski definition) is 0. The Morgan fingerprint density at radius 1 is 1.04 bits per heavy atom. The molecule has 0 radical (unpaired) electrons. The summed E-state index contributed by atoms with van der Waals surface area (Å²) in [5.41, 5.74) is 1.71. The fraction of sp³-hybridized carbons (Fsp3) is 0.529. The van der Waals surface area contributed by atoms with E-state index in [2.05, 4.69) is 0 Å². The second-order valence-corrected chi connectivity index (χ2v) is 8.63.